The Bertz CT molecular complexity index is 1240. The largest absolute Gasteiger partial charge is 0.288 e. The van der Waals surface area contributed by atoms with Crippen molar-refractivity contribution in [3.8, 4) is 11.3 Å². The molecule has 0 saturated heterocycles. The Morgan fingerprint density at radius 1 is 0.879 bits per heavy atom. The fourth-order valence-corrected chi connectivity index (χ4v) is 6.09. The monoisotopic (exact) mass is 482 g/mol. The molecule has 174 valence electrons. The first kappa shape index (κ1) is 23.8. The van der Waals surface area contributed by atoms with Crippen molar-refractivity contribution in [1.29, 1.82) is 0 Å². The highest BCUT2D eigenvalue weighted by atomic mass is 32.2. The molecule has 0 amide bonds. The Morgan fingerprint density at radius 3 is 2.39 bits per heavy atom. The molecule has 2 heterocycles. The zero-order chi connectivity index (χ0) is 23.4. The van der Waals surface area contributed by atoms with Crippen LogP contribution in [0.15, 0.2) is 64.4 Å². The number of fused-ring (bicyclic) bond motifs is 2. The number of pyridine rings is 1. The van der Waals surface area contributed by atoms with Crippen molar-refractivity contribution in [3.05, 3.63) is 65.9 Å². The lowest BCUT2D eigenvalue weighted by Gasteiger charge is -2.32. The highest BCUT2D eigenvalue weighted by molar-refractivity contribution is 7.99. The number of rotatable bonds is 9. The van der Waals surface area contributed by atoms with E-state index >= 15 is 0 Å². The summed E-state index contributed by atoms with van der Waals surface area (Å²) >= 11 is 1.62. The smallest absolute Gasteiger partial charge is 0.252 e. The van der Waals surface area contributed by atoms with Crippen LogP contribution in [0.25, 0.3) is 11.3 Å². The molecule has 2 aromatic carbocycles. The van der Waals surface area contributed by atoms with Crippen molar-refractivity contribution in [2.45, 2.75) is 62.7 Å². The molecule has 7 heteroatoms. The van der Waals surface area contributed by atoms with Crippen molar-refractivity contribution >= 4 is 33.3 Å². The van der Waals surface area contributed by atoms with E-state index in [1.807, 2.05) is 49.4 Å². The van der Waals surface area contributed by atoms with Gasteiger partial charge in [-0.1, -0.05) is 75.7 Å². The van der Waals surface area contributed by atoms with E-state index in [4.69, 9.17) is 9.27 Å². The van der Waals surface area contributed by atoms with Gasteiger partial charge in [0.15, 0.2) is 0 Å². The molecule has 1 aliphatic heterocycles. The molecule has 0 fully saturated rings. The maximum atomic E-state index is 12.8. The minimum Gasteiger partial charge on any atom is -0.252 e. The first-order chi connectivity index (χ1) is 16.0. The summed E-state index contributed by atoms with van der Waals surface area (Å²) in [5, 5.41) is 1.51. The van der Waals surface area contributed by atoms with Crippen molar-refractivity contribution in [2.24, 2.45) is 0 Å². The molecule has 0 unspecified atom stereocenters. The third-order valence-corrected chi connectivity index (χ3v) is 7.86. The molecule has 5 nitrogen and oxygen atoms in total. The number of aryl methyl sites for hydroxylation is 2. The number of anilines is 2. The van der Waals surface area contributed by atoms with Crippen LogP contribution in [-0.4, -0.2) is 19.2 Å². The van der Waals surface area contributed by atoms with Crippen molar-refractivity contribution in [3.63, 3.8) is 0 Å². The van der Waals surface area contributed by atoms with E-state index in [0.717, 1.165) is 69.4 Å². The van der Waals surface area contributed by atoms with Gasteiger partial charge in [0.2, 0.25) is 0 Å². The molecule has 1 aliphatic rings. The van der Waals surface area contributed by atoms with E-state index in [2.05, 4.69) is 26.0 Å². The van der Waals surface area contributed by atoms with Gasteiger partial charge in [-0.25, -0.2) is 5.06 Å². The second kappa shape index (κ2) is 10.3. The van der Waals surface area contributed by atoms with Crippen LogP contribution in [0.2, 0.25) is 0 Å². The minimum absolute atomic E-state index is 0.0400. The Balaban J connectivity index is 1.93. The van der Waals surface area contributed by atoms with E-state index in [-0.39, 0.29) is 5.75 Å². The summed E-state index contributed by atoms with van der Waals surface area (Å²) in [6, 6.07) is 18.1. The van der Waals surface area contributed by atoms with Crippen LogP contribution in [-0.2, 0) is 27.2 Å². The van der Waals surface area contributed by atoms with Gasteiger partial charge in [0.05, 0.1) is 22.8 Å². The van der Waals surface area contributed by atoms with Gasteiger partial charge in [-0.05, 0) is 49.1 Å². The molecule has 1 aromatic heterocycles. The summed E-state index contributed by atoms with van der Waals surface area (Å²) in [6.07, 6.45) is 4.30. The summed E-state index contributed by atoms with van der Waals surface area (Å²) in [5.41, 5.74) is 5.46. The highest BCUT2D eigenvalue weighted by Gasteiger charge is 2.31. The SMILES string of the molecule is CCCc1ccc(CCC)c(-c2cccc3c2N(OS(=O)(=O)CCC)c2ccccc2S3)n1. The van der Waals surface area contributed by atoms with E-state index in [1.165, 1.54) is 5.06 Å². The lowest BCUT2D eigenvalue weighted by atomic mass is 9.99. The third-order valence-electron chi connectivity index (χ3n) is 5.47. The predicted molar refractivity (Wildman–Crippen MR) is 136 cm³/mol. The fraction of sp³-hybridized carbons (Fsp3) is 0.346. The Kier molecular flexibility index (Phi) is 7.41. The maximum Gasteiger partial charge on any atom is 0.288 e. The van der Waals surface area contributed by atoms with Gasteiger partial charge in [-0.3, -0.25) is 4.98 Å². The Hall–Kier alpha value is -2.35. The molecule has 0 N–H and O–H groups in total. The molecule has 0 atom stereocenters. The average molecular weight is 483 g/mol. The van der Waals surface area contributed by atoms with Crippen LogP contribution in [0, 0.1) is 0 Å². The summed E-state index contributed by atoms with van der Waals surface area (Å²) in [6.45, 7) is 6.14. The highest BCUT2D eigenvalue weighted by Crippen LogP contribution is 2.52. The molecule has 0 radical (unpaired) electrons. The number of benzene rings is 2. The number of nitrogens with zero attached hydrogens (tertiary/aromatic N) is 2. The van der Waals surface area contributed by atoms with E-state index < -0.39 is 10.1 Å². The normalized spacial score (nSPS) is 13.0. The first-order valence-corrected chi connectivity index (χ1v) is 14.0. The van der Waals surface area contributed by atoms with Crippen molar-refractivity contribution in [1.82, 2.24) is 4.98 Å². The van der Waals surface area contributed by atoms with Crippen LogP contribution in [0.4, 0.5) is 11.4 Å². The molecule has 3 aromatic rings. The Labute approximate surface area is 201 Å². The second-order valence-corrected chi connectivity index (χ2v) is 10.9. The van der Waals surface area contributed by atoms with E-state index in [9.17, 15) is 8.42 Å². The third kappa shape index (κ3) is 5.10. The number of para-hydroxylation sites is 2. The van der Waals surface area contributed by atoms with Gasteiger partial charge in [-0.2, -0.15) is 8.42 Å². The lowest BCUT2D eigenvalue weighted by molar-refractivity contribution is 0.319. The topological polar surface area (TPSA) is 59.5 Å². The summed E-state index contributed by atoms with van der Waals surface area (Å²) < 4.78 is 31.4. The standard InChI is InChI=1S/C26H30N2O3S2/c1-4-10-19-16-17-20(11-5-2)27-25(19)21-12-9-15-24-26(21)28(31-33(29,30)18-6-3)22-13-7-8-14-23(22)32-24/h7-9,12-17H,4-6,10-11,18H2,1-3H3. The molecule has 0 saturated carbocycles. The molecular formula is C26H30N2O3S2. The second-order valence-electron chi connectivity index (χ2n) is 8.16. The van der Waals surface area contributed by atoms with E-state index in [1.54, 1.807) is 11.8 Å². The Morgan fingerprint density at radius 2 is 1.64 bits per heavy atom. The molecule has 4 rings (SSSR count). The average Bonchev–Trinajstić information content (AvgIpc) is 2.79. The quantitative estimate of drug-likeness (QED) is 0.330. The first-order valence-electron chi connectivity index (χ1n) is 11.6. The molecule has 33 heavy (non-hydrogen) atoms. The lowest BCUT2D eigenvalue weighted by Crippen LogP contribution is -2.27. The van der Waals surface area contributed by atoms with Gasteiger partial charge in [0, 0.05) is 21.0 Å². The van der Waals surface area contributed by atoms with Gasteiger partial charge < -0.3 is 0 Å². The number of hydrogen-bond acceptors (Lipinski definition) is 6. The molecule has 0 spiro atoms. The van der Waals surface area contributed by atoms with E-state index in [0.29, 0.717) is 6.42 Å². The molecule has 0 aliphatic carbocycles. The molecular weight excluding hydrogens is 452 g/mol. The van der Waals surface area contributed by atoms with Crippen LogP contribution < -0.4 is 5.06 Å². The van der Waals surface area contributed by atoms with Crippen LogP contribution >= 0.6 is 11.8 Å². The number of aromatic nitrogens is 1. The van der Waals surface area contributed by atoms with Crippen LogP contribution in [0.3, 0.4) is 0 Å². The van der Waals surface area contributed by atoms with Crippen molar-refractivity contribution < 1.29 is 12.7 Å². The maximum absolute atomic E-state index is 12.8. The molecule has 0 bridgehead atoms. The van der Waals surface area contributed by atoms with Gasteiger partial charge in [-0.15, -0.1) is 4.28 Å². The number of hydrogen-bond donors (Lipinski definition) is 0. The summed E-state index contributed by atoms with van der Waals surface area (Å²) in [5.74, 6) is -0.0400. The fourth-order valence-electron chi connectivity index (χ4n) is 4.06. The van der Waals surface area contributed by atoms with Gasteiger partial charge in [0.1, 0.15) is 0 Å². The summed E-state index contributed by atoms with van der Waals surface area (Å²) in [4.78, 5) is 6.94. The zero-order valence-corrected chi connectivity index (χ0v) is 21.0. The van der Waals surface area contributed by atoms with Crippen LogP contribution in [0.5, 0.6) is 0 Å². The van der Waals surface area contributed by atoms with Gasteiger partial charge >= 0.3 is 0 Å². The van der Waals surface area contributed by atoms with Crippen LogP contribution in [0.1, 0.15) is 51.3 Å². The van der Waals surface area contributed by atoms with Gasteiger partial charge in [0.25, 0.3) is 10.1 Å². The van der Waals surface area contributed by atoms with Crippen molar-refractivity contribution in [2.75, 3.05) is 10.8 Å². The zero-order valence-electron chi connectivity index (χ0n) is 19.4. The predicted octanol–water partition coefficient (Wildman–Crippen LogP) is 6.93. The minimum atomic E-state index is -3.76. The summed E-state index contributed by atoms with van der Waals surface area (Å²) in [7, 11) is -3.76.